The van der Waals surface area contributed by atoms with Crippen molar-refractivity contribution in [2.24, 2.45) is 0 Å². The maximum absolute atomic E-state index is 12.5. The number of benzene rings is 1. The second kappa shape index (κ2) is 9.63. The average molecular weight is 534 g/mol. The van der Waals surface area contributed by atoms with E-state index in [0.29, 0.717) is 37.8 Å². The van der Waals surface area contributed by atoms with Crippen LogP contribution in [0.3, 0.4) is 0 Å². The highest BCUT2D eigenvalue weighted by molar-refractivity contribution is 7.90. The predicted molar refractivity (Wildman–Crippen MR) is 128 cm³/mol. The number of rotatable bonds is 6. The first-order valence-electron chi connectivity index (χ1n) is 11.2. The van der Waals surface area contributed by atoms with Crippen LogP contribution in [0.4, 0.5) is 19.0 Å². The standard InChI is InChI=1S/C24H22F3N5O4S/c1-37(33,34)21-7-2-16(12-28-21)13-31-9-8-19-22(31)29-15-30-23(19)32-10-11-35-14-20(32)17-3-5-18(6-4-17)36-24(25,26)27/h2-9,12,15,20H,10-11,13-14H2,1H3. The van der Waals surface area contributed by atoms with Crippen molar-refractivity contribution in [3.63, 3.8) is 0 Å². The summed E-state index contributed by atoms with van der Waals surface area (Å²) in [6, 6.07) is 10.5. The van der Waals surface area contributed by atoms with Crippen molar-refractivity contribution >= 4 is 26.7 Å². The molecule has 1 aromatic carbocycles. The Morgan fingerprint density at radius 2 is 1.86 bits per heavy atom. The summed E-state index contributed by atoms with van der Waals surface area (Å²) in [6.45, 7) is 1.75. The first-order valence-corrected chi connectivity index (χ1v) is 13.1. The molecule has 0 spiro atoms. The number of anilines is 1. The summed E-state index contributed by atoms with van der Waals surface area (Å²) in [5, 5.41) is 0.807. The van der Waals surface area contributed by atoms with Gasteiger partial charge in [-0.05, 0) is 35.4 Å². The van der Waals surface area contributed by atoms with Gasteiger partial charge < -0.3 is 18.9 Å². The van der Waals surface area contributed by atoms with E-state index in [1.54, 1.807) is 18.2 Å². The van der Waals surface area contributed by atoms with Crippen LogP contribution in [0.15, 0.2) is 66.2 Å². The van der Waals surface area contributed by atoms with E-state index in [1.807, 2.05) is 16.8 Å². The van der Waals surface area contributed by atoms with Gasteiger partial charge in [0.25, 0.3) is 0 Å². The summed E-state index contributed by atoms with van der Waals surface area (Å²) < 4.78 is 72.5. The highest BCUT2D eigenvalue weighted by Gasteiger charge is 2.32. The Balaban J connectivity index is 1.42. The zero-order valence-electron chi connectivity index (χ0n) is 19.6. The van der Waals surface area contributed by atoms with Crippen LogP contribution >= 0.6 is 0 Å². The Labute approximate surface area is 210 Å². The number of hydrogen-bond acceptors (Lipinski definition) is 8. The SMILES string of the molecule is CS(=O)(=O)c1ccc(Cn2ccc3c(N4CCOCC4c4ccc(OC(F)(F)F)cc4)ncnc32)cn1. The van der Waals surface area contributed by atoms with Gasteiger partial charge in [0.15, 0.2) is 14.9 Å². The van der Waals surface area contributed by atoms with Crippen molar-refractivity contribution in [2.75, 3.05) is 30.9 Å². The number of morpholine rings is 1. The van der Waals surface area contributed by atoms with Gasteiger partial charge in [-0.15, -0.1) is 13.2 Å². The molecule has 194 valence electrons. The van der Waals surface area contributed by atoms with Crippen LogP contribution in [0.5, 0.6) is 5.75 Å². The van der Waals surface area contributed by atoms with E-state index < -0.39 is 16.2 Å². The molecule has 0 amide bonds. The van der Waals surface area contributed by atoms with Gasteiger partial charge in [-0.2, -0.15) is 0 Å². The first-order chi connectivity index (χ1) is 17.6. The molecule has 9 nitrogen and oxygen atoms in total. The molecule has 0 N–H and O–H groups in total. The average Bonchev–Trinajstić information content (AvgIpc) is 3.26. The maximum atomic E-state index is 12.5. The van der Waals surface area contributed by atoms with Crippen molar-refractivity contribution in [3.05, 3.63) is 72.3 Å². The van der Waals surface area contributed by atoms with Crippen LogP contribution < -0.4 is 9.64 Å². The van der Waals surface area contributed by atoms with E-state index in [1.165, 1.54) is 30.7 Å². The fourth-order valence-electron chi connectivity index (χ4n) is 4.29. The van der Waals surface area contributed by atoms with Crippen LogP contribution in [0.1, 0.15) is 17.2 Å². The summed E-state index contributed by atoms with van der Waals surface area (Å²) in [7, 11) is -3.38. The third-order valence-electron chi connectivity index (χ3n) is 5.96. The molecule has 1 aliphatic rings. The van der Waals surface area contributed by atoms with Crippen molar-refractivity contribution in [2.45, 2.75) is 24.0 Å². The van der Waals surface area contributed by atoms with Gasteiger partial charge >= 0.3 is 6.36 Å². The Morgan fingerprint density at radius 1 is 1.08 bits per heavy atom. The lowest BCUT2D eigenvalue weighted by atomic mass is 10.0. The zero-order chi connectivity index (χ0) is 26.2. The van der Waals surface area contributed by atoms with Crippen LogP contribution in [-0.4, -0.2) is 60.3 Å². The molecule has 1 unspecified atom stereocenters. The van der Waals surface area contributed by atoms with Crippen molar-refractivity contribution in [1.29, 1.82) is 0 Å². The van der Waals surface area contributed by atoms with Crippen molar-refractivity contribution in [3.8, 4) is 5.75 Å². The third kappa shape index (κ3) is 5.52. The summed E-state index contributed by atoms with van der Waals surface area (Å²) >= 11 is 0. The smallest absolute Gasteiger partial charge is 0.406 e. The molecule has 5 rings (SSSR count). The number of pyridine rings is 1. The fraction of sp³-hybridized carbons (Fsp3) is 0.292. The summed E-state index contributed by atoms with van der Waals surface area (Å²) in [4.78, 5) is 15.1. The molecule has 0 saturated carbocycles. The Bertz CT molecular complexity index is 1510. The number of halogens is 3. The monoisotopic (exact) mass is 533 g/mol. The Hall–Kier alpha value is -3.71. The molecule has 0 radical (unpaired) electrons. The normalized spacial score (nSPS) is 16.8. The first kappa shape index (κ1) is 25.0. The van der Waals surface area contributed by atoms with Gasteiger partial charge in [-0.1, -0.05) is 18.2 Å². The molecule has 3 aromatic heterocycles. The minimum absolute atomic E-state index is 0.00888. The van der Waals surface area contributed by atoms with E-state index in [-0.39, 0.29) is 16.8 Å². The summed E-state index contributed by atoms with van der Waals surface area (Å²) in [5.41, 5.74) is 2.24. The van der Waals surface area contributed by atoms with E-state index in [4.69, 9.17) is 4.74 Å². The maximum Gasteiger partial charge on any atom is 0.573 e. The Morgan fingerprint density at radius 3 is 2.54 bits per heavy atom. The lowest BCUT2D eigenvalue weighted by molar-refractivity contribution is -0.274. The lowest BCUT2D eigenvalue weighted by Gasteiger charge is -2.37. The summed E-state index contributed by atoms with van der Waals surface area (Å²) in [5.74, 6) is 0.387. The minimum atomic E-state index is -4.76. The molecule has 37 heavy (non-hydrogen) atoms. The van der Waals surface area contributed by atoms with E-state index in [0.717, 1.165) is 22.8 Å². The van der Waals surface area contributed by atoms with Crippen LogP contribution in [0.25, 0.3) is 11.0 Å². The fourth-order valence-corrected chi connectivity index (χ4v) is 4.85. The van der Waals surface area contributed by atoms with Crippen LogP contribution in [-0.2, 0) is 21.1 Å². The predicted octanol–water partition coefficient (Wildman–Crippen LogP) is 3.75. The number of sulfone groups is 1. The van der Waals surface area contributed by atoms with Gasteiger partial charge in [-0.3, -0.25) is 0 Å². The molecule has 4 aromatic rings. The highest BCUT2D eigenvalue weighted by atomic mass is 32.2. The molecular formula is C24H22F3N5O4S. The Kier molecular flexibility index (Phi) is 6.50. The highest BCUT2D eigenvalue weighted by Crippen LogP contribution is 2.34. The second-order valence-electron chi connectivity index (χ2n) is 8.56. The largest absolute Gasteiger partial charge is 0.573 e. The third-order valence-corrected chi connectivity index (χ3v) is 6.97. The molecule has 1 saturated heterocycles. The minimum Gasteiger partial charge on any atom is -0.406 e. The second-order valence-corrected chi connectivity index (χ2v) is 10.5. The van der Waals surface area contributed by atoms with Gasteiger partial charge in [-0.25, -0.2) is 23.4 Å². The molecule has 4 heterocycles. The number of fused-ring (bicyclic) bond motifs is 1. The van der Waals surface area contributed by atoms with Crippen LogP contribution in [0, 0.1) is 0 Å². The number of ether oxygens (including phenoxy) is 2. The molecule has 0 bridgehead atoms. The van der Waals surface area contributed by atoms with E-state index >= 15 is 0 Å². The van der Waals surface area contributed by atoms with Crippen molar-refractivity contribution < 1.29 is 31.1 Å². The number of aromatic nitrogens is 4. The van der Waals surface area contributed by atoms with Crippen LogP contribution in [0.2, 0.25) is 0 Å². The molecule has 1 atom stereocenters. The molecule has 1 fully saturated rings. The molecule has 0 aliphatic carbocycles. The van der Waals surface area contributed by atoms with Gasteiger partial charge in [0, 0.05) is 25.2 Å². The quantitative estimate of drug-likeness (QED) is 0.370. The topological polar surface area (TPSA) is 99.4 Å². The molecule has 1 aliphatic heterocycles. The van der Waals surface area contributed by atoms with Gasteiger partial charge in [0.2, 0.25) is 0 Å². The lowest BCUT2D eigenvalue weighted by Crippen LogP contribution is -2.40. The number of hydrogen-bond donors (Lipinski definition) is 0. The molecule has 13 heteroatoms. The molecular weight excluding hydrogens is 511 g/mol. The van der Waals surface area contributed by atoms with Crippen molar-refractivity contribution in [1.82, 2.24) is 19.5 Å². The van der Waals surface area contributed by atoms with E-state index in [2.05, 4.69) is 24.6 Å². The van der Waals surface area contributed by atoms with E-state index in [9.17, 15) is 21.6 Å². The van der Waals surface area contributed by atoms with Gasteiger partial charge in [0.05, 0.1) is 31.2 Å². The number of alkyl halides is 3. The number of nitrogens with zero attached hydrogens (tertiary/aromatic N) is 5. The zero-order valence-corrected chi connectivity index (χ0v) is 20.4. The summed E-state index contributed by atoms with van der Waals surface area (Å²) in [6.07, 6.45) is 1.20. The van der Waals surface area contributed by atoms with Gasteiger partial charge in [0.1, 0.15) is 23.5 Å².